The highest BCUT2D eigenvalue weighted by Gasteiger charge is 2.25. The van der Waals surface area contributed by atoms with Gasteiger partial charge in [0.1, 0.15) is 5.65 Å². The van der Waals surface area contributed by atoms with E-state index in [-0.39, 0.29) is 0 Å². The van der Waals surface area contributed by atoms with Crippen molar-refractivity contribution in [2.75, 3.05) is 28.6 Å². The van der Waals surface area contributed by atoms with Crippen molar-refractivity contribution in [2.24, 2.45) is 0 Å². The van der Waals surface area contributed by atoms with Crippen molar-refractivity contribution in [3.8, 4) is 0 Å². The Labute approximate surface area is 200 Å². The average molecular weight is 456 g/mol. The number of anilines is 3. The van der Waals surface area contributed by atoms with Crippen LogP contribution >= 0.6 is 12.2 Å². The number of rotatable bonds is 5. The summed E-state index contributed by atoms with van der Waals surface area (Å²) in [5, 5.41) is 8.42. The minimum atomic E-state index is 0.475. The number of hydrogen-bond acceptors (Lipinski definition) is 3. The van der Waals surface area contributed by atoms with Crippen molar-refractivity contribution >= 4 is 45.4 Å². The summed E-state index contributed by atoms with van der Waals surface area (Å²) in [6, 6.07) is 20.8. The van der Waals surface area contributed by atoms with E-state index >= 15 is 0 Å². The number of aryl methyl sites for hydroxylation is 1. The SMILES string of the molecule is CCc1cnc2[nH]ccc2c1N1CCCC(c2cccc(NC(=S)Nc3ccccc3)c2)C1. The molecule has 0 saturated carbocycles. The Morgan fingerprint density at radius 2 is 1.91 bits per heavy atom. The van der Waals surface area contributed by atoms with Gasteiger partial charge in [-0.3, -0.25) is 0 Å². The molecule has 1 atom stereocenters. The van der Waals surface area contributed by atoms with Gasteiger partial charge in [0, 0.05) is 48.2 Å². The van der Waals surface area contributed by atoms with Gasteiger partial charge in [-0.15, -0.1) is 0 Å². The van der Waals surface area contributed by atoms with Crippen LogP contribution in [-0.4, -0.2) is 28.2 Å². The second-order valence-electron chi connectivity index (χ2n) is 8.58. The number of H-pyrrole nitrogens is 1. The fourth-order valence-corrected chi connectivity index (χ4v) is 5.04. The molecule has 1 aliphatic heterocycles. The molecule has 1 aliphatic rings. The zero-order valence-electron chi connectivity index (χ0n) is 18.8. The highest BCUT2D eigenvalue weighted by atomic mass is 32.1. The van der Waals surface area contributed by atoms with Crippen LogP contribution < -0.4 is 15.5 Å². The highest BCUT2D eigenvalue weighted by molar-refractivity contribution is 7.80. The van der Waals surface area contributed by atoms with Crippen LogP contribution in [0.5, 0.6) is 0 Å². The Bertz CT molecular complexity index is 1250. The van der Waals surface area contributed by atoms with Crippen LogP contribution in [0.1, 0.15) is 36.8 Å². The van der Waals surface area contributed by atoms with E-state index in [1.165, 1.54) is 35.0 Å². The maximum Gasteiger partial charge on any atom is 0.175 e. The molecule has 168 valence electrons. The van der Waals surface area contributed by atoms with Gasteiger partial charge >= 0.3 is 0 Å². The molecule has 4 aromatic rings. The van der Waals surface area contributed by atoms with Crippen LogP contribution in [0, 0.1) is 0 Å². The van der Waals surface area contributed by atoms with Gasteiger partial charge < -0.3 is 20.5 Å². The van der Waals surface area contributed by atoms with Crippen molar-refractivity contribution in [1.29, 1.82) is 0 Å². The third kappa shape index (κ3) is 4.71. The first kappa shape index (κ1) is 21.5. The molecule has 3 heterocycles. The standard InChI is InChI=1S/C27H29N5S/c1-2-19-17-29-26-24(13-14-28-26)25(19)32-15-7-9-21(18-32)20-8-6-12-23(16-20)31-27(33)30-22-10-4-3-5-11-22/h3-6,8,10-14,16-17,21H,2,7,9,15,18H2,1H3,(H,28,29)(H2,30,31,33). The van der Waals surface area contributed by atoms with Gasteiger partial charge in [0.25, 0.3) is 0 Å². The number of aromatic amines is 1. The molecule has 2 aromatic carbocycles. The number of thiocarbonyl (C=S) groups is 1. The summed E-state index contributed by atoms with van der Waals surface area (Å²) in [5.41, 5.74) is 6.98. The normalized spacial score (nSPS) is 16.0. The van der Waals surface area contributed by atoms with Gasteiger partial charge in [0.15, 0.2) is 5.11 Å². The molecule has 5 rings (SSSR count). The summed E-state index contributed by atoms with van der Waals surface area (Å²) in [7, 11) is 0. The monoisotopic (exact) mass is 455 g/mol. The number of aromatic nitrogens is 2. The molecule has 33 heavy (non-hydrogen) atoms. The largest absolute Gasteiger partial charge is 0.370 e. The maximum absolute atomic E-state index is 5.53. The van der Waals surface area contributed by atoms with Crippen molar-refractivity contribution < 1.29 is 0 Å². The summed E-state index contributed by atoms with van der Waals surface area (Å²) in [4.78, 5) is 10.4. The lowest BCUT2D eigenvalue weighted by molar-refractivity contribution is 0.510. The zero-order valence-corrected chi connectivity index (χ0v) is 19.7. The Morgan fingerprint density at radius 3 is 2.76 bits per heavy atom. The fourth-order valence-electron chi connectivity index (χ4n) is 4.80. The number of hydrogen-bond donors (Lipinski definition) is 3. The van der Waals surface area contributed by atoms with Gasteiger partial charge in [-0.05, 0) is 72.9 Å². The Morgan fingerprint density at radius 1 is 1.09 bits per heavy atom. The number of para-hydroxylation sites is 1. The van der Waals surface area contributed by atoms with Crippen LogP contribution in [0.4, 0.5) is 17.1 Å². The predicted octanol–water partition coefficient (Wildman–Crippen LogP) is 6.32. The van der Waals surface area contributed by atoms with Crippen LogP contribution in [0.3, 0.4) is 0 Å². The van der Waals surface area contributed by atoms with Crippen molar-refractivity contribution in [3.63, 3.8) is 0 Å². The second-order valence-corrected chi connectivity index (χ2v) is 8.99. The second kappa shape index (κ2) is 9.63. The van der Waals surface area contributed by atoms with Gasteiger partial charge in [-0.25, -0.2) is 4.98 Å². The summed E-state index contributed by atoms with van der Waals surface area (Å²) in [6.45, 7) is 4.30. The maximum atomic E-state index is 5.53. The third-order valence-electron chi connectivity index (χ3n) is 6.40. The van der Waals surface area contributed by atoms with E-state index < -0.39 is 0 Å². The van der Waals surface area contributed by atoms with Gasteiger partial charge in [0.2, 0.25) is 0 Å². The Hall–Kier alpha value is -3.38. The van der Waals surface area contributed by atoms with E-state index in [0.717, 1.165) is 36.5 Å². The van der Waals surface area contributed by atoms with E-state index in [0.29, 0.717) is 11.0 Å². The first-order valence-electron chi connectivity index (χ1n) is 11.6. The molecular weight excluding hydrogens is 426 g/mol. The molecule has 3 N–H and O–H groups in total. The summed E-state index contributed by atoms with van der Waals surface area (Å²) in [6.07, 6.45) is 7.37. The number of nitrogens with zero attached hydrogens (tertiary/aromatic N) is 2. The first-order valence-corrected chi connectivity index (χ1v) is 12.0. The lowest BCUT2D eigenvalue weighted by atomic mass is 9.89. The van der Waals surface area contributed by atoms with E-state index in [9.17, 15) is 0 Å². The number of nitrogens with one attached hydrogen (secondary N) is 3. The van der Waals surface area contributed by atoms with Gasteiger partial charge in [-0.1, -0.05) is 37.3 Å². The molecule has 5 nitrogen and oxygen atoms in total. The molecule has 0 aliphatic carbocycles. The third-order valence-corrected chi connectivity index (χ3v) is 6.60. The molecule has 1 saturated heterocycles. The van der Waals surface area contributed by atoms with Crippen molar-refractivity contribution in [1.82, 2.24) is 9.97 Å². The molecule has 1 unspecified atom stereocenters. The van der Waals surface area contributed by atoms with Gasteiger partial charge in [0.05, 0.1) is 5.69 Å². The van der Waals surface area contributed by atoms with E-state index in [1.807, 2.05) is 42.7 Å². The number of piperidine rings is 1. The first-order chi connectivity index (χ1) is 16.2. The smallest absolute Gasteiger partial charge is 0.175 e. The highest BCUT2D eigenvalue weighted by Crippen LogP contribution is 2.36. The minimum Gasteiger partial charge on any atom is -0.370 e. The topological polar surface area (TPSA) is 56.0 Å². The molecule has 6 heteroatoms. The molecule has 0 radical (unpaired) electrons. The lowest BCUT2D eigenvalue weighted by Gasteiger charge is -2.36. The lowest BCUT2D eigenvalue weighted by Crippen LogP contribution is -2.35. The number of pyridine rings is 1. The van der Waals surface area contributed by atoms with Crippen LogP contribution in [-0.2, 0) is 6.42 Å². The molecule has 0 spiro atoms. The molecule has 1 fully saturated rings. The molecule has 2 aromatic heterocycles. The van der Waals surface area contributed by atoms with Crippen molar-refractivity contribution in [2.45, 2.75) is 32.1 Å². The summed E-state index contributed by atoms with van der Waals surface area (Å²) >= 11 is 5.53. The van der Waals surface area contributed by atoms with Crippen LogP contribution in [0.15, 0.2) is 73.1 Å². The zero-order chi connectivity index (χ0) is 22.6. The molecule has 0 bridgehead atoms. The number of benzene rings is 2. The Kier molecular flexibility index (Phi) is 6.26. The Balaban J connectivity index is 1.33. The van der Waals surface area contributed by atoms with Crippen LogP contribution in [0.25, 0.3) is 11.0 Å². The predicted molar refractivity (Wildman–Crippen MR) is 142 cm³/mol. The summed E-state index contributed by atoms with van der Waals surface area (Å²) < 4.78 is 0. The molecular formula is C27H29N5S. The fraction of sp³-hybridized carbons (Fsp3) is 0.259. The summed E-state index contributed by atoms with van der Waals surface area (Å²) in [5.74, 6) is 0.475. The minimum absolute atomic E-state index is 0.475. The average Bonchev–Trinajstić information content (AvgIpc) is 3.33. The molecule has 0 amide bonds. The van der Waals surface area contributed by atoms with Gasteiger partial charge in [-0.2, -0.15) is 0 Å². The van der Waals surface area contributed by atoms with E-state index in [2.05, 4.69) is 62.8 Å². The van der Waals surface area contributed by atoms with Crippen LogP contribution in [0.2, 0.25) is 0 Å². The quantitative estimate of drug-likeness (QED) is 0.308. The van der Waals surface area contributed by atoms with E-state index in [4.69, 9.17) is 12.2 Å². The van der Waals surface area contributed by atoms with Crippen molar-refractivity contribution in [3.05, 3.63) is 84.2 Å². The number of fused-ring (bicyclic) bond motifs is 1. The van der Waals surface area contributed by atoms with E-state index in [1.54, 1.807) is 0 Å².